The van der Waals surface area contributed by atoms with Crippen molar-refractivity contribution in [1.82, 2.24) is 0 Å². The van der Waals surface area contributed by atoms with Gasteiger partial charge in [0.2, 0.25) is 5.91 Å². The molecule has 0 aromatic heterocycles. The van der Waals surface area contributed by atoms with Crippen LogP contribution in [0.5, 0.6) is 0 Å². The highest BCUT2D eigenvalue weighted by atomic mass is 16.5. The second-order valence-corrected chi connectivity index (χ2v) is 5.49. The Bertz CT molecular complexity index is 484. The van der Waals surface area contributed by atoms with Crippen molar-refractivity contribution in [3.8, 4) is 0 Å². The van der Waals surface area contributed by atoms with Crippen molar-refractivity contribution in [2.75, 3.05) is 49.4 Å². The Hall–Kier alpha value is -1.75. The van der Waals surface area contributed by atoms with E-state index in [1.165, 1.54) is 0 Å². The molecular formula is C16H25N3O2. The number of nitrogens with one attached hydrogen (secondary N) is 2. The van der Waals surface area contributed by atoms with E-state index in [1.54, 1.807) is 18.9 Å². The monoisotopic (exact) mass is 291 g/mol. The van der Waals surface area contributed by atoms with Gasteiger partial charge in [-0.05, 0) is 37.0 Å². The van der Waals surface area contributed by atoms with Crippen molar-refractivity contribution < 1.29 is 9.53 Å². The molecule has 1 fully saturated rings. The molecular weight excluding hydrogens is 266 g/mol. The zero-order valence-corrected chi connectivity index (χ0v) is 13.1. The van der Waals surface area contributed by atoms with Gasteiger partial charge in [-0.3, -0.25) is 4.79 Å². The number of amides is 1. The number of benzene rings is 1. The van der Waals surface area contributed by atoms with Crippen LogP contribution in [0.2, 0.25) is 0 Å². The number of carbonyl (C=O) groups is 1. The maximum absolute atomic E-state index is 11.4. The average Bonchev–Trinajstić information content (AvgIpc) is 2.53. The molecule has 5 heteroatoms. The highest BCUT2D eigenvalue weighted by Crippen LogP contribution is 2.28. The maximum Gasteiger partial charge on any atom is 0.223 e. The molecule has 0 atom stereocenters. The van der Waals surface area contributed by atoms with E-state index in [0.717, 1.165) is 49.7 Å². The number of ether oxygens (including phenoxy) is 1. The molecule has 0 spiro atoms. The minimum atomic E-state index is 0.0277. The molecule has 0 unspecified atom stereocenters. The van der Waals surface area contributed by atoms with Crippen molar-refractivity contribution >= 4 is 23.0 Å². The van der Waals surface area contributed by atoms with E-state index in [1.807, 2.05) is 25.2 Å². The van der Waals surface area contributed by atoms with E-state index in [2.05, 4.69) is 10.6 Å². The average molecular weight is 291 g/mol. The topological polar surface area (TPSA) is 53.6 Å². The molecule has 0 bridgehead atoms. The van der Waals surface area contributed by atoms with Crippen LogP contribution in [0.3, 0.4) is 0 Å². The Morgan fingerprint density at radius 3 is 2.67 bits per heavy atom. The highest BCUT2D eigenvalue weighted by Gasteiger charge is 2.14. The van der Waals surface area contributed by atoms with Crippen molar-refractivity contribution in [3.05, 3.63) is 18.2 Å². The summed E-state index contributed by atoms with van der Waals surface area (Å²) in [5.74, 6) is 0.697. The van der Waals surface area contributed by atoms with Gasteiger partial charge in [0.1, 0.15) is 0 Å². The first kappa shape index (κ1) is 15.6. The van der Waals surface area contributed by atoms with Gasteiger partial charge >= 0.3 is 0 Å². The molecule has 1 aliphatic rings. The van der Waals surface area contributed by atoms with E-state index in [0.29, 0.717) is 5.92 Å². The fraction of sp³-hybridized carbons (Fsp3) is 0.562. The second kappa shape index (κ2) is 7.31. The molecule has 1 aliphatic heterocycles. The summed E-state index contributed by atoms with van der Waals surface area (Å²) < 4.78 is 5.38. The fourth-order valence-corrected chi connectivity index (χ4v) is 2.49. The van der Waals surface area contributed by atoms with Gasteiger partial charge in [0.05, 0.1) is 11.4 Å². The fourth-order valence-electron chi connectivity index (χ4n) is 2.49. The predicted octanol–water partition coefficient (Wildman–Crippen LogP) is 2.55. The lowest BCUT2D eigenvalue weighted by atomic mass is 10.0. The molecule has 1 saturated heterocycles. The summed E-state index contributed by atoms with van der Waals surface area (Å²) >= 11 is 0. The van der Waals surface area contributed by atoms with E-state index < -0.39 is 0 Å². The Balaban J connectivity index is 2.03. The van der Waals surface area contributed by atoms with Crippen molar-refractivity contribution in [2.24, 2.45) is 5.92 Å². The largest absolute Gasteiger partial charge is 0.386 e. The third kappa shape index (κ3) is 4.11. The molecule has 2 rings (SSSR count). The number of rotatable bonds is 5. The van der Waals surface area contributed by atoms with E-state index >= 15 is 0 Å². The van der Waals surface area contributed by atoms with Crippen LogP contribution in [-0.4, -0.2) is 39.8 Å². The summed E-state index contributed by atoms with van der Waals surface area (Å²) in [7, 11) is 3.68. The minimum Gasteiger partial charge on any atom is -0.386 e. The first-order chi connectivity index (χ1) is 10.1. The second-order valence-electron chi connectivity index (χ2n) is 5.49. The number of nitrogens with zero attached hydrogens (tertiary/aromatic N) is 1. The lowest BCUT2D eigenvalue weighted by Crippen LogP contribution is -2.24. The van der Waals surface area contributed by atoms with Crippen molar-refractivity contribution in [2.45, 2.75) is 19.8 Å². The number of hydrogen-bond acceptors (Lipinski definition) is 4. The summed E-state index contributed by atoms with van der Waals surface area (Å²) in [5.41, 5.74) is 2.97. The number of hydrogen-bond donors (Lipinski definition) is 2. The zero-order chi connectivity index (χ0) is 15.2. The Kier molecular flexibility index (Phi) is 5.44. The summed E-state index contributed by atoms with van der Waals surface area (Å²) in [6.07, 6.45) is 2.24. The van der Waals surface area contributed by atoms with Gasteiger partial charge in [-0.1, -0.05) is 0 Å². The van der Waals surface area contributed by atoms with E-state index in [9.17, 15) is 4.79 Å². The molecule has 21 heavy (non-hydrogen) atoms. The Labute approximate surface area is 126 Å². The van der Waals surface area contributed by atoms with Crippen LogP contribution in [0.4, 0.5) is 17.1 Å². The smallest absolute Gasteiger partial charge is 0.223 e. The third-order valence-corrected chi connectivity index (χ3v) is 4.05. The quantitative estimate of drug-likeness (QED) is 0.875. The normalized spacial score (nSPS) is 15.6. The standard InChI is InChI=1S/C16H25N3O2/c1-12(20)19(3)14-4-5-15(16(10-14)17-2)18-11-13-6-8-21-9-7-13/h4-5,10,13,17-18H,6-9,11H2,1-3H3. The van der Waals surface area contributed by atoms with E-state index in [4.69, 9.17) is 4.74 Å². The minimum absolute atomic E-state index is 0.0277. The molecule has 1 aromatic carbocycles. The van der Waals surface area contributed by atoms with Crippen LogP contribution >= 0.6 is 0 Å². The molecule has 0 aliphatic carbocycles. The third-order valence-electron chi connectivity index (χ3n) is 4.05. The molecule has 0 radical (unpaired) electrons. The van der Waals surface area contributed by atoms with Gasteiger partial charge < -0.3 is 20.3 Å². The molecule has 116 valence electrons. The molecule has 1 amide bonds. The summed E-state index contributed by atoms with van der Waals surface area (Å²) in [5, 5.41) is 6.70. The lowest BCUT2D eigenvalue weighted by Gasteiger charge is -2.24. The van der Waals surface area contributed by atoms with Crippen LogP contribution in [0.15, 0.2) is 18.2 Å². The van der Waals surface area contributed by atoms with E-state index in [-0.39, 0.29) is 5.91 Å². The van der Waals surface area contributed by atoms with Gasteiger partial charge in [-0.25, -0.2) is 0 Å². The highest BCUT2D eigenvalue weighted by molar-refractivity contribution is 5.92. The maximum atomic E-state index is 11.4. The van der Waals surface area contributed by atoms with Gasteiger partial charge in [-0.2, -0.15) is 0 Å². The number of carbonyl (C=O) groups excluding carboxylic acids is 1. The van der Waals surface area contributed by atoms with Crippen molar-refractivity contribution in [1.29, 1.82) is 0 Å². The summed E-state index contributed by atoms with van der Waals surface area (Å²) in [4.78, 5) is 13.1. The van der Waals surface area contributed by atoms with Gasteiger partial charge in [0.25, 0.3) is 0 Å². The van der Waals surface area contributed by atoms with Crippen LogP contribution < -0.4 is 15.5 Å². The SMILES string of the molecule is CNc1cc(N(C)C(C)=O)ccc1NCC1CCOCC1. The number of anilines is 3. The summed E-state index contributed by atoms with van der Waals surface area (Å²) in [6, 6.07) is 5.99. The lowest BCUT2D eigenvalue weighted by molar-refractivity contribution is -0.116. The molecule has 2 N–H and O–H groups in total. The van der Waals surface area contributed by atoms with Crippen LogP contribution in [0.1, 0.15) is 19.8 Å². The summed E-state index contributed by atoms with van der Waals surface area (Å²) in [6.45, 7) is 4.26. The van der Waals surface area contributed by atoms with Gasteiger partial charge in [0, 0.05) is 46.5 Å². The first-order valence-electron chi connectivity index (χ1n) is 7.49. The van der Waals surface area contributed by atoms with Gasteiger partial charge in [-0.15, -0.1) is 0 Å². The Morgan fingerprint density at radius 2 is 2.05 bits per heavy atom. The van der Waals surface area contributed by atoms with Crippen LogP contribution in [0.25, 0.3) is 0 Å². The van der Waals surface area contributed by atoms with Crippen molar-refractivity contribution in [3.63, 3.8) is 0 Å². The molecule has 1 heterocycles. The van der Waals surface area contributed by atoms with Crippen LogP contribution in [0, 0.1) is 5.92 Å². The molecule has 0 saturated carbocycles. The molecule has 5 nitrogen and oxygen atoms in total. The van der Waals surface area contributed by atoms with Gasteiger partial charge in [0.15, 0.2) is 0 Å². The van der Waals surface area contributed by atoms with Crippen LogP contribution in [-0.2, 0) is 9.53 Å². The Morgan fingerprint density at radius 1 is 1.33 bits per heavy atom. The zero-order valence-electron chi connectivity index (χ0n) is 13.1. The first-order valence-corrected chi connectivity index (χ1v) is 7.49. The predicted molar refractivity (Wildman–Crippen MR) is 87.1 cm³/mol. The molecule has 1 aromatic rings.